The molecule has 1 saturated heterocycles. The maximum atomic E-state index is 12.6. The lowest BCUT2D eigenvalue weighted by molar-refractivity contribution is -0.133. The SMILES string of the molecule is CC(=NNC(=O)C1C(=O)NCC1c1ccccc1)c1cccc(Br)c1. The molecule has 1 aliphatic heterocycles. The van der Waals surface area contributed by atoms with Crippen molar-refractivity contribution in [1.29, 1.82) is 0 Å². The van der Waals surface area contributed by atoms with Crippen LogP contribution in [-0.4, -0.2) is 24.1 Å². The molecular formula is C19H18BrN3O2. The summed E-state index contributed by atoms with van der Waals surface area (Å²) in [6.45, 7) is 2.26. The maximum absolute atomic E-state index is 12.6. The van der Waals surface area contributed by atoms with Gasteiger partial charge in [0.25, 0.3) is 5.91 Å². The van der Waals surface area contributed by atoms with E-state index in [1.54, 1.807) is 0 Å². The van der Waals surface area contributed by atoms with Crippen LogP contribution in [0.5, 0.6) is 0 Å². The van der Waals surface area contributed by atoms with Gasteiger partial charge in [-0.2, -0.15) is 5.10 Å². The van der Waals surface area contributed by atoms with Crippen molar-refractivity contribution in [2.45, 2.75) is 12.8 Å². The summed E-state index contributed by atoms with van der Waals surface area (Å²) in [5.41, 5.74) is 5.08. The van der Waals surface area contributed by atoms with Gasteiger partial charge in [-0.3, -0.25) is 9.59 Å². The Kier molecular flexibility index (Phi) is 5.28. The first kappa shape index (κ1) is 17.4. The van der Waals surface area contributed by atoms with Crippen LogP contribution in [0.25, 0.3) is 0 Å². The molecule has 2 aromatic carbocycles. The number of hydrogen-bond donors (Lipinski definition) is 2. The van der Waals surface area contributed by atoms with Crippen LogP contribution in [-0.2, 0) is 9.59 Å². The normalized spacial score (nSPS) is 20.2. The molecule has 3 rings (SSSR count). The summed E-state index contributed by atoms with van der Waals surface area (Å²) < 4.78 is 0.935. The van der Waals surface area contributed by atoms with E-state index in [0.717, 1.165) is 15.6 Å². The van der Waals surface area contributed by atoms with Crippen molar-refractivity contribution in [3.63, 3.8) is 0 Å². The Morgan fingerprint density at radius 3 is 2.68 bits per heavy atom. The summed E-state index contributed by atoms with van der Waals surface area (Å²) in [5, 5.41) is 6.93. The van der Waals surface area contributed by atoms with Crippen molar-refractivity contribution in [3.05, 3.63) is 70.2 Å². The Bertz CT molecular complexity index is 820. The minimum absolute atomic E-state index is 0.185. The number of rotatable bonds is 4. The molecule has 2 amide bonds. The Hall–Kier alpha value is -2.47. The third-order valence-electron chi connectivity index (χ3n) is 4.27. The number of nitrogens with one attached hydrogen (secondary N) is 2. The number of benzene rings is 2. The molecule has 2 aromatic rings. The maximum Gasteiger partial charge on any atom is 0.253 e. The smallest absolute Gasteiger partial charge is 0.253 e. The van der Waals surface area contributed by atoms with Crippen molar-refractivity contribution in [1.82, 2.24) is 10.7 Å². The minimum atomic E-state index is -0.776. The van der Waals surface area contributed by atoms with Gasteiger partial charge < -0.3 is 5.32 Å². The van der Waals surface area contributed by atoms with Crippen LogP contribution in [0.4, 0.5) is 0 Å². The van der Waals surface area contributed by atoms with E-state index in [9.17, 15) is 9.59 Å². The van der Waals surface area contributed by atoms with Crippen LogP contribution in [0.3, 0.4) is 0 Å². The number of carbonyl (C=O) groups is 2. The monoisotopic (exact) mass is 399 g/mol. The summed E-state index contributed by atoms with van der Waals surface area (Å²) >= 11 is 3.41. The zero-order chi connectivity index (χ0) is 17.8. The van der Waals surface area contributed by atoms with Gasteiger partial charge in [0.15, 0.2) is 0 Å². The highest BCUT2D eigenvalue weighted by Crippen LogP contribution is 2.29. The largest absolute Gasteiger partial charge is 0.355 e. The first-order chi connectivity index (χ1) is 12.1. The zero-order valence-electron chi connectivity index (χ0n) is 13.7. The summed E-state index contributed by atoms with van der Waals surface area (Å²) in [6.07, 6.45) is 0. The van der Waals surface area contributed by atoms with E-state index in [4.69, 9.17) is 0 Å². The molecule has 25 heavy (non-hydrogen) atoms. The van der Waals surface area contributed by atoms with E-state index in [2.05, 4.69) is 31.8 Å². The molecule has 0 radical (unpaired) electrons. The molecule has 0 aliphatic carbocycles. The summed E-state index contributed by atoms with van der Waals surface area (Å²) in [6, 6.07) is 17.2. The number of halogens is 1. The van der Waals surface area contributed by atoms with Gasteiger partial charge in [-0.05, 0) is 30.2 Å². The van der Waals surface area contributed by atoms with E-state index in [-0.39, 0.29) is 11.8 Å². The van der Waals surface area contributed by atoms with Crippen molar-refractivity contribution in [3.8, 4) is 0 Å². The van der Waals surface area contributed by atoms with Gasteiger partial charge in [-0.25, -0.2) is 5.43 Å². The Labute approximate surface area is 154 Å². The van der Waals surface area contributed by atoms with E-state index in [0.29, 0.717) is 12.3 Å². The molecule has 0 aromatic heterocycles. The molecule has 0 saturated carbocycles. The second-order valence-corrected chi connectivity index (χ2v) is 6.84. The second-order valence-electron chi connectivity index (χ2n) is 5.92. The van der Waals surface area contributed by atoms with Crippen LogP contribution in [0.2, 0.25) is 0 Å². The molecule has 1 aliphatic rings. The fraction of sp³-hybridized carbons (Fsp3) is 0.211. The predicted molar refractivity (Wildman–Crippen MR) is 100 cm³/mol. The van der Waals surface area contributed by atoms with E-state index in [1.165, 1.54) is 0 Å². The Morgan fingerprint density at radius 2 is 1.96 bits per heavy atom. The van der Waals surface area contributed by atoms with Crippen LogP contribution in [0.1, 0.15) is 24.0 Å². The predicted octanol–water partition coefficient (Wildman–Crippen LogP) is 2.82. The van der Waals surface area contributed by atoms with Crippen LogP contribution < -0.4 is 10.7 Å². The molecule has 2 unspecified atom stereocenters. The van der Waals surface area contributed by atoms with Crippen molar-refractivity contribution < 1.29 is 9.59 Å². The molecule has 6 heteroatoms. The first-order valence-electron chi connectivity index (χ1n) is 7.99. The number of hydrogen-bond acceptors (Lipinski definition) is 3. The number of hydrazone groups is 1. The minimum Gasteiger partial charge on any atom is -0.355 e. The first-order valence-corrected chi connectivity index (χ1v) is 8.78. The summed E-state index contributed by atoms with van der Waals surface area (Å²) in [7, 11) is 0. The molecule has 1 heterocycles. The van der Waals surface area contributed by atoms with Crippen LogP contribution in [0.15, 0.2) is 64.2 Å². The van der Waals surface area contributed by atoms with Gasteiger partial charge in [0, 0.05) is 16.9 Å². The third kappa shape index (κ3) is 3.96. The third-order valence-corrected chi connectivity index (χ3v) is 4.76. The molecule has 2 atom stereocenters. The highest BCUT2D eigenvalue weighted by atomic mass is 79.9. The van der Waals surface area contributed by atoms with Crippen molar-refractivity contribution in [2.24, 2.45) is 11.0 Å². The molecule has 0 spiro atoms. The van der Waals surface area contributed by atoms with Crippen LogP contribution in [0, 0.1) is 5.92 Å². The topological polar surface area (TPSA) is 70.6 Å². The van der Waals surface area contributed by atoms with Crippen LogP contribution >= 0.6 is 15.9 Å². The molecule has 5 nitrogen and oxygen atoms in total. The fourth-order valence-electron chi connectivity index (χ4n) is 2.92. The highest BCUT2D eigenvalue weighted by Gasteiger charge is 2.40. The molecule has 128 valence electrons. The molecular weight excluding hydrogens is 382 g/mol. The summed E-state index contributed by atoms with van der Waals surface area (Å²) in [5.74, 6) is -1.61. The molecule has 1 fully saturated rings. The number of amides is 2. The lowest BCUT2D eigenvalue weighted by Crippen LogP contribution is -2.35. The van der Waals surface area contributed by atoms with Gasteiger partial charge in [0.05, 0.1) is 5.71 Å². The van der Waals surface area contributed by atoms with Gasteiger partial charge >= 0.3 is 0 Å². The van der Waals surface area contributed by atoms with E-state index in [1.807, 2.05) is 61.5 Å². The van der Waals surface area contributed by atoms with E-state index < -0.39 is 11.8 Å². The van der Waals surface area contributed by atoms with Gasteiger partial charge in [-0.1, -0.05) is 58.4 Å². The Morgan fingerprint density at radius 1 is 1.20 bits per heavy atom. The molecule has 0 bridgehead atoms. The lowest BCUT2D eigenvalue weighted by atomic mass is 9.88. The number of nitrogens with zero attached hydrogens (tertiary/aromatic N) is 1. The van der Waals surface area contributed by atoms with Crippen molar-refractivity contribution >= 4 is 33.5 Å². The van der Waals surface area contributed by atoms with Gasteiger partial charge in [-0.15, -0.1) is 0 Å². The average molecular weight is 400 g/mol. The fourth-order valence-corrected chi connectivity index (χ4v) is 3.32. The molecule has 2 N–H and O–H groups in total. The zero-order valence-corrected chi connectivity index (χ0v) is 15.3. The van der Waals surface area contributed by atoms with Gasteiger partial charge in [0.2, 0.25) is 5.91 Å². The number of carbonyl (C=O) groups excluding carboxylic acids is 2. The lowest BCUT2D eigenvalue weighted by Gasteiger charge is -2.15. The highest BCUT2D eigenvalue weighted by molar-refractivity contribution is 9.10. The van der Waals surface area contributed by atoms with Gasteiger partial charge in [0.1, 0.15) is 5.92 Å². The van der Waals surface area contributed by atoms with Crippen molar-refractivity contribution in [2.75, 3.05) is 6.54 Å². The summed E-state index contributed by atoms with van der Waals surface area (Å²) in [4.78, 5) is 24.7. The quantitative estimate of drug-likeness (QED) is 0.471. The Balaban J connectivity index is 1.75. The standard InChI is InChI=1S/C19H18BrN3O2/c1-12(14-8-5-9-15(20)10-14)22-23-19(25)17-16(11-21-18(17)24)13-6-3-2-4-7-13/h2-10,16-17H,11H2,1H3,(H,21,24)(H,23,25). The average Bonchev–Trinajstić information content (AvgIpc) is 3.02. The second kappa shape index (κ2) is 7.61. The van der Waals surface area contributed by atoms with E-state index >= 15 is 0 Å².